The number of nitriles is 1. The molecule has 0 spiro atoms. The van der Waals surface area contributed by atoms with Gasteiger partial charge in [-0.05, 0) is 32.6 Å². The molecule has 1 saturated carbocycles. The molecule has 2 rings (SSSR count). The Balaban J connectivity index is 1.72. The Kier molecular flexibility index (Phi) is 7.63. The van der Waals surface area contributed by atoms with Crippen LogP contribution in [0.4, 0.5) is 4.39 Å². The van der Waals surface area contributed by atoms with E-state index < -0.39 is 12.2 Å². The Hall–Kier alpha value is -1.68. The van der Waals surface area contributed by atoms with Crippen molar-refractivity contribution in [3.63, 3.8) is 0 Å². The largest absolute Gasteiger partial charge is 0.396 e. The number of nitrogens with one attached hydrogen (secondary N) is 1. The number of hydrogen-bond acceptors (Lipinski definition) is 5. The molecular weight excluding hydrogens is 323 g/mol. The second-order valence-corrected chi connectivity index (χ2v) is 7.03. The lowest BCUT2D eigenvalue weighted by Gasteiger charge is -2.21. The number of alkyl halides is 1. The molecule has 0 radical (unpaired) electrons. The van der Waals surface area contributed by atoms with Crippen molar-refractivity contribution >= 4 is 11.6 Å². The second-order valence-electron chi connectivity index (χ2n) is 7.03. The first-order chi connectivity index (χ1) is 12.0. The summed E-state index contributed by atoms with van der Waals surface area (Å²) < 4.78 is 13.4. The van der Waals surface area contributed by atoms with Crippen molar-refractivity contribution in [1.82, 2.24) is 10.2 Å². The fraction of sp³-hybridized carbons (Fsp3) is 0.833. The maximum Gasteiger partial charge on any atom is 0.237 e. The Morgan fingerprint density at radius 3 is 2.96 bits per heavy atom. The minimum Gasteiger partial charge on any atom is -0.396 e. The quantitative estimate of drug-likeness (QED) is 0.413. The Bertz CT molecular complexity index is 520. The van der Waals surface area contributed by atoms with E-state index in [2.05, 4.69) is 17.4 Å². The molecule has 6 nitrogen and oxygen atoms in total. The van der Waals surface area contributed by atoms with E-state index in [1.54, 1.807) is 0 Å². The normalized spacial score (nSPS) is 29.7. The van der Waals surface area contributed by atoms with Gasteiger partial charge in [-0.2, -0.15) is 5.26 Å². The number of unbranched alkanes of at least 4 members (excludes halogenated alkanes) is 1. The van der Waals surface area contributed by atoms with E-state index in [4.69, 9.17) is 10.1 Å². The molecule has 2 aliphatic rings. The van der Waals surface area contributed by atoms with Crippen molar-refractivity contribution in [3.8, 4) is 6.07 Å². The molecular formula is C18H29FN4O2. The van der Waals surface area contributed by atoms with Gasteiger partial charge in [-0.15, -0.1) is 0 Å². The summed E-state index contributed by atoms with van der Waals surface area (Å²) in [4.78, 5) is 18.9. The highest BCUT2D eigenvalue weighted by atomic mass is 19.1. The zero-order chi connectivity index (χ0) is 18.2. The zero-order valence-corrected chi connectivity index (χ0v) is 15.2. The fourth-order valence-corrected chi connectivity index (χ4v) is 3.49. The van der Waals surface area contributed by atoms with Crippen molar-refractivity contribution in [2.24, 2.45) is 11.1 Å². The number of amides is 1. The van der Waals surface area contributed by atoms with Gasteiger partial charge in [0, 0.05) is 18.4 Å². The monoisotopic (exact) mass is 352 g/mol. The predicted molar refractivity (Wildman–Crippen MR) is 93.7 cm³/mol. The van der Waals surface area contributed by atoms with Crippen LogP contribution < -0.4 is 5.32 Å². The molecule has 1 saturated heterocycles. The maximum absolute atomic E-state index is 13.4. The molecule has 1 amide bonds. The molecule has 0 unspecified atom stereocenters. The third-order valence-corrected chi connectivity index (χ3v) is 5.08. The van der Waals surface area contributed by atoms with E-state index in [0.717, 1.165) is 37.8 Å². The lowest BCUT2D eigenvalue weighted by atomic mass is 10.0. The summed E-state index contributed by atoms with van der Waals surface area (Å²) >= 11 is 0. The number of halogens is 1. The van der Waals surface area contributed by atoms with Gasteiger partial charge in [-0.25, -0.2) is 4.39 Å². The molecule has 1 aliphatic heterocycles. The first-order valence-electron chi connectivity index (χ1n) is 9.28. The number of carbonyl (C=O) groups excluding carboxylic acids is 1. The average molecular weight is 352 g/mol. The summed E-state index contributed by atoms with van der Waals surface area (Å²) in [6, 6.07) is 1.63. The number of rotatable bonds is 8. The molecule has 25 heavy (non-hydrogen) atoms. The van der Waals surface area contributed by atoms with Gasteiger partial charge < -0.3 is 15.1 Å². The molecule has 4 atom stereocenters. The SMILES string of the molecule is CCCCO/N=C(\C)[C@H]1CC[C@@H](NCC(=O)N2C[C@@H](F)C[C@H]2C#N)C1. The highest BCUT2D eigenvalue weighted by Gasteiger charge is 2.35. The van der Waals surface area contributed by atoms with Gasteiger partial charge in [-0.3, -0.25) is 4.79 Å². The average Bonchev–Trinajstić information content (AvgIpc) is 3.22. The van der Waals surface area contributed by atoms with Gasteiger partial charge in [0.05, 0.1) is 24.9 Å². The van der Waals surface area contributed by atoms with E-state index in [9.17, 15) is 9.18 Å². The fourth-order valence-electron chi connectivity index (χ4n) is 3.49. The van der Waals surface area contributed by atoms with Crippen LogP contribution in [0, 0.1) is 17.2 Å². The van der Waals surface area contributed by atoms with Crippen LogP contribution >= 0.6 is 0 Å². The summed E-state index contributed by atoms with van der Waals surface area (Å²) in [7, 11) is 0. The Morgan fingerprint density at radius 1 is 1.44 bits per heavy atom. The maximum atomic E-state index is 13.4. The van der Waals surface area contributed by atoms with Gasteiger partial charge in [0.1, 0.15) is 18.8 Å². The highest BCUT2D eigenvalue weighted by molar-refractivity contribution is 5.84. The smallest absolute Gasteiger partial charge is 0.237 e. The van der Waals surface area contributed by atoms with Crippen LogP contribution in [-0.4, -0.2) is 54.5 Å². The van der Waals surface area contributed by atoms with Crippen molar-refractivity contribution in [2.75, 3.05) is 19.7 Å². The summed E-state index contributed by atoms with van der Waals surface area (Å²) in [5, 5.41) is 16.5. The molecule has 0 aromatic rings. The van der Waals surface area contributed by atoms with Crippen LogP contribution in [0.1, 0.15) is 52.4 Å². The lowest BCUT2D eigenvalue weighted by Crippen LogP contribution is -2.43. The van der Waals surface area contributed by atoms with Crippen molar-refractivity contribution in [1.29, 1.82) is 5.26 Å². The van der Waals surface area contributed by atoms with Crippen LogP contribution in [0.5, 0.6) is 0 Å². The molecule has 1 aliphatic carbocycles. The van der Waals surface area contributed by atoms with Crippen LogP contribution in [0.2, 0.25) is 0 Å². The highest BCUT2D eigenvalue weighted by Crippen LogP contribution is 2.27. The third-order valence-electron chi connectivity index (χ3n) is 5.08. The van der Waals surface area contributed by atoms with E-state index in [1.165, 1.54) is 4.90 Å². The van der Waals surface area contributed by atoms with Crippen LogP contribution in [-0.2, 0) is 9.63 Å². The minimum absolute atomic E-state index is 0.0346. The third kappa shape index (κ3) is 5.67. The van der Waals surface area contributed by atoms with Gasteiger partial charge in [-0.1, -0.05) is 18.5 Å². The van der Waals surface area contributed by atoms with Crippen LogP contribution in [0.3, 0.4) is 0 Å². The van der Waals surface area contributed by atoms with E-state index >= 15 is 0 Å². The number of carbonyl (C=O) groups is 1. The predicted octanol–water partition coefficient (Wildman–Crippen LogP) is 2.40. The molecule has 0 aromatic carbocycles. The van der Waals surface area contributed by atoms with Gasteiger partial charge in [0.2, 0.25) is 5.91 Å². The number of oxime groups is 1. The first kappa shape index (κ1) is 19.6. The molecule has 7 heteroatoms. The molecule has 0 aromatic heterocycles. The van der Waals surface area contributed by atoms with E-state index in [0.29, 0.717) is 12.5 Å². The summed E-state index contributed by atoms with van der Waals surface area (Å²) in [5.41, 5.74) is 1.01. The van der Waals surface area contributed by atoms with Crippen molar-refractivity contribution < 1.29 is 14.0 Å². The number of hydrogen-bond donors (Lipinski definition) is 1. The lowest BCUT2D eigenvalue weighted by molar-refractivity contribution is -0.130. The topological polar surface area (TPSA) is 77.7 Å². The zero-order valence-electron chi connectivity index (χ0n) is 15.2. The molecule has 2 fully saturated rings. The van der Waals surface area contributed by atoms with Gasteiger partial charge in [0.15, 0.2) is 0 Å². The molecule has 0 bridgehead atoms. The second kappa shape index (κ2) is 9.71. The Morgan fingerprint density at radius 2 is 2.24 bits per heavy atom. The number of nitrogens with zero attached hydrogens (tertiary/aromatic N) is 3. The van der Waals surface area contributed by atoms with Crippen molar-refractivity contribution in [2.45, 2.75) is 70.6 Å². The molecule has 140 valence electrons. The summed E-state index contributed by atoms with van der Waals surface area (Å²) in [5.74, 6) is 0.187. The van der Waals surface area contributed by atoms with E-state index in [1.807, 2.05) is 13.0 Å². The van der Waals surface area contributed by atoms with Crippen LogP contribution in [0.15, 0.2) is 5.16 Å². The molecule has 1 heterocycles. The minimum atomic E-state index is -1.09. The summed E-state index contributed by atoms with van der Waals surface area (Å²) in [6.45, 7) is 4.96. The van der Waals surface area contributed by atoms with Crippen LogP contribution in [0.25, 0.3) is 0 Å². The number of likely N-dealkylation sites (tertiary alicyclic amines) is 1. The van der Waals surface area contributed by atoms with E-state index in [-0.39, 0.29) is 31.5 Å². The molecule has 1 N–H and O–H groups in total. The first-order valence-corrected chi connectivity index (χ1v) is 9.28. The van der Waals surface area contributed by atoms with Gasteiger partial charge in [0.25, 0.3) is 0 Å². The van der Waals surface area contributed by atoms with Gasteiger partial charge >= 0.3 is 0 Å². The van der Waals surface area contributed by atoms with Crippen molar-refractivity contribution in [3.05, 3.63) is 0 Å². The Labute approximate surface area is 149 Å². The standard InChI is InChI=1S/C18H29FN4O2/c1-3-4-7-25-22-13(2)14-5-6-16(8-14)21-11-18(24)23-12-15(19)9-17(23)10-20/h14-17,21H,3-9,11-12H2,1-2H3/b22-13+/t14-,15-,16+,17-/m0/s1. The summed E-state index contributed by atoms with van der Waals surface area (Å²) in [6.07, 6.45) is 4.06.